The Balaban J connectivity index is 1.56. The topological polar surface area (TPSA) is 39.9 Å². The molecule has 27 heavy (non-hydrogen) atoms. The normalized spacial score (nSPS) is 14.8. The molecule has 0 N–H and O–H groups in total. The number of nitriles is 1. The number of benzene rings is 2. The van der Waals surface area contributed by atoms with Crippen molar-refractivity contribution in [3.63, 3.8) is 0 Å². The van der Waals surface area contributed by atoms with Crippen LogP contribution in [0.4, 0.5) is 5.69 Å². The monoisotopic (exact) mass is 367 g/mol. The molecular weight excluding hydrogens is 350 g/mol. The third-order valence-corrected chi connectivity index (χ3v) is 5.90. The number of pyridine rings is 1. The Bertz CT molecular complexity index is 1110. The van der Waals surface area contributed by atoms with Crippen LogP contribution in [0.2, 0.25) is 0 Å². The van der Waals surface area contributed by atoms with Crippen LogP contribution in [-0.2, 0) is 12.8 Å². The Morgan fingerprint density at radius 2 is 1.56 bits per heavy atom. The highest BCUT2D eigenvalue weighted by molar-refractivity contribution is 7.80. The molecule has 1 aromatic heterocycles. The van der Waals surface area contributed by atoms with Crippen molar-refractivity contribution < 1.29 is 0 Å². The lowest BCUT2D eigenvalue weighted by molar-refractivity contribution is 0.943. The van der Waals surface area contributed by atoms with Crippen LogP contribution in [0.3, 0.4) is 0 Å². The van der Waals surface area contributed by atoms with Crippen LogP contribution in [0, 0.1) is 11.3 Å². The molecular formula is C23H17N3S. The van der Waals surface area contributed by atoms with Crippen LogP contribution >= 0.6 is 12.2 Å². The first-order chi connectivity index (χ1) is 13.2. The fourth-order valence-corrected chi connectivity index (χ4v) is 4.40. The SMILES string of the molecule is N#Cc1ccc(-c2cncc(-c3cc4c5c(c3)CCN5C(=S)CC4)c2)cc1. The van der Waals surface area contributed by atoms with Crippen molar-refractivity contribution in [2.75, 3.05) is 11.4 Å². The zero-order valence-electron chi connectivity index (χ0n) is 14.8. The van der Waals surface area contributed by atoms with Crippen LogP contribution in [0.15, 0.2) is 54.9 Å². The van der Waals surface area contributed by atoms with E-state index in [4.69, 9.17) is 17.5 Å². The first-order valence-electron chi connectivity index (χ1n) is 9.15. The Morgan fingerprint density at radius 1 is 0.852 bits per heavy atom. The minimum Gasteiger partial charge on any atom is -0.335 e. The van der Waals surface area contributed by atoms with Gasteiger partial charge in [0.2, 0.25) is 0 Å². The summed E-state index contributed by atoms with van der Waals surface area (Å²) in [7, 11) is 0. The zero-order chi connectivity index (χ0) is 18.4. The van der Waals surface area contributed by atoms with Gasteiger partial charge in [0.15, 0.2) is 0 Å². The van der Waals surface area contributed by atoms with Gasteiger partial charge in [-0.15, -0.1) is 0 Å². The summed E-state index contributed by atoms with van der Waals surface area (Å²) >= 11 is 5.55. The summed E-state index contributed by atoms with van der Waals surface area (Å²) in [5.74, 6) is 0. The molecule has 4 heteroatoms. The minimum atomic E-state index is 0.669. The molecule has 0 unspecified atom stereocenters. The van der Waals surface area contributed by atoms with Gasteiger partial charge in [0, 0.05) is 42.2 Å². The van der Waals surface area contributed by atoms with Gasteiger partial charge in [0.05, 0.1) is 16.6 Å². The fourth-order valence-electron chi connectivity index (χ4n) is 4.12. The Labute approximate surface area is 163 Å². The van der Waals surface area contributed by atoms with Crippen molar-refractivity contribution in [2.24, 2.45) is 0 Å². The van der Waals surface area contributed by atoms with Crippen molar-refractivity contribution in [2.45, 2.75) is 19.3 Å². The predicted octanol–water partition coefficient (Wildman–Crippen LogP) is 4.92. The van der Waals surface area contributed by atoms with Gasteiger partial charge in [-0.2, -0.15) is 5.26 Å². The number of thiocarbonyl (C=S) groups is 1. The van der Waals surface area contributed by atoms with Gasteiger partial charge >= 0.3 is 0 Å². The molecule has 0 saturated heterocycles. The van der Waals surface area contributed by atoms with Crippen LogP contribution < -0.4 is 4.90 Å². The third-order valence-electron chi connectivity index (χ3n) is 5.47. The second kappa shape index (κ2) is 6.29. The molecule has 5 rings (SSSR count). The van der Waals surface area contributed by atoms with E-state index in [2.05, 4.69) is 34.2 Å². The van der Waals surface area contributed by atoms with E-state index in [1.165, 1.54) is 22.4 Å². The average Bonchev–Trinajstić information content (AvgIpc) is 3.16. The summed E-state index contributed by atoms with van der Waals surface area (Å²) in [6.07, 6.45) is 6.85. The van der Waals surface area contributed by atoms with E-state index >= 15 is 0 Å². The van der Waals surface area contributed by atoms with Gasteiger partial charge < -0.3 is 4.90 Å². The quantitative estimate of drug-likeness (QED) is 0.603. The highest BCUT2D eigenvalue weighted by Crippen LogP contribution is 2.40. The lowest BCUT2D eigenvalue weighted by atomic mass is 9.93. The fraction of sp³-hybridized carbons (Fsp3) is 0.174. The number of aryl methyl sites for hydroxylation is 1. The molecule has 2 aliphatic rings. The molecule has 2 aliphatic heterocycles. The van der Waals surface area contributed by atoms with Crippen molar-refractivity contribution in [3.05, 3.63) is 71.5 Å². The van der Waals surface area contributed by atoms with Gasteiger partial charge in [-0.25, -0.2) is 0 Å². The van der Waals surface area contributed by atoms with E-state index in [1.54, 1.807) is 0 Å². The molecule has 3 aromatic rings. The highest BCUT2D eigenvalue weighted by atomic mass is 32.1. The van der Waals surface area contributed by atoms with Crippen molar-refractivity contribution >= 4 is 22.9 Å². The maximum absolute atomic E-state index is 8.98. The molecule has 0 radical (unpaired) electrons. The molecule has 0 aliphatic carbocycles. The molecule has 0 fully saturated rings. The average molecular weight is 367 g/mol. The molecule has 2 aromatic carbocycles. The summed E-state index contributed by atoms with van der Waals surface area (Å²) < 4.78 is 0. The number of rotatable bonds is 2. The van der Waals surface area contributed by atoms with Crippen molar-refractivity contribution in [1.29, 1.82) is 5.26 Å². The van der Waals surface area contributed by atoms with Gasteiger partial charge in [-0.3, -0.25) is 4.98 Å². The summed E-state index contributed by atoms with van der Waals surface area (Å²) in [4.78, 5) is 7.87. The van der Waals surface area contributed by atoms with Crippen LogP contribution in [0.1, 0.15) is 23.1 Å². The smallest absolute Gasteiger partial charge is 0.0991 e. The Hall–Kier alpha value is -3.03. The first kappa shape index (κ1) is 16.2. The molecule has 3 heterocycles. The molecule has 0 atom stereocenters. The molecule has 0 bridgehead atoms. The minimum absolute atomic E-state index is 0.669. The van der Waals surface area contributed by atoms with E-state index in [1.807, 2.05) is 36.7 Å². The van der Waals surface area contributed by atoms with Crippen LogP contribution in [0.25, 0.3) is 22.3 Å². The van der Waals surface area contributed by atoms with E-state index < -0.39 is 0 Å². The maximum Gasteiger partial charge on any atom is 0.0991 e. The van der Waals surface area contributed by atoms with E-state index in [0.717, 1.165) is 47.5 Å². The Morgan fingerprint density at radius 3 is 2.30 bits per heavy atom. The van der Waals surface area contributed by atoms with E-state index in [-0.39, 0.29) is 0 Å². The van der Waals surface area contributed by atoms with Gasteiger partial charge in [-0.1, -0.05) is 24.4 Å². The zero-order valence-corrected chi connectivity index (χ0v) is 15.6. The standard InChI is InChI=1S/C23H17N3S/c24-12-15-1-3-16(4-2-15)20-11-21(14-25-13-20)19-9-17-5-6-22(27)26-8-7-18(10-19)23(17)26/h1-4,9-11,13-14H,5-8H2. The second-order valence-corrected chi connectivity index (χ2v) is 7.56. The molecule has 3 nitrogen and oxygen atoms in total. The summed E-state index contributed by atoms with van der Waals surface area (Å²) in [6, 6.07) is 16.6. The number of hydrogen-bond acceptors (Lipinski definition) is 3. The molecule has 0 spiro atoms. The van der Waals surface area contributed by atoms with Crippen molar-refractivity contribution in [1.82, 2.24) is 4.98 Å². The van der Waals surface area contributed by atoms with E-state index in [0.29, 0.717) is 5.56 Å². The lowest BCUT2D eigenvalue weighted by Crippen LogP contribution is -2.31. The van der Waals surface area contributed by atoms with Crippen LogP contribution in [-0.4, -0.2) is 16.5 Å². The molecule has 130 valence electrons. The second-order valence-electron chi connectivity index (χ2n) is 7.09. The number of nitrogens with zero attached hydrogens (tertiary/aromatic N) is 3. The van der Waals surface area contributed by atoms with Gasteiger partial charge in [-0.05, 0) is 65.4 Å². The predicted molar refractivity (Wildman–Crippen MR) is 112 cm³/mol. The summed E-state index contributed by atoms with van der Waals surface area (Å²) in [5, 5.41) is 8.98. The summed E-state index contributed by atoms with van der Waals surface area (Å²) in [5.41, 5.74) is 9.31. The van der Waals surface area contributed by atoms with Gasteiger partial charge in [0.1, 0.15) is 0 Å². The Kier molecular flexibility index (Phi) is 3.77. The largest absolute Gasteiger partial charge is 0.335 e. The van der Waals surface area contributed by atoms with E-state index in [9.17, 15) is 0 Å². The molecule has 0 amide bonds. The highest BCUT2D eigenvalue weighted by Gasteiger charge is 2.29. The van der Waals surface area contributed by atoms with Crippen LogP contribution in [0.5, 0.6) is 0 Å². The maximum atomic E-state index is 8.98. The first-order valence-corrected chi connectivity index (χ1v) is 9.56. The van der Waals surface area contributed by atoms with Gasteiger partial charge in [0.25, 0.3) is 0 Å². The number of anilines is 1. The number of aromatic nitrogens is 1. The molecule has 0 saturated carbocycles. The lowest BCUT2D eigenvalue weighted by Gasteiger charge is -2.28. The van der Waals surface area contributed by atoms with Crippen molar-refractivity contribution in [3.8, 4) is 28.3 Å². The third kappa shape index (κ3) is 2.72. The number of hydrogen-bond donors (Lipinski definition) is 0. The summed E-state index contributed by atoms with van der Waals surface area (Å²) in [6.45, 7) is 1.01.